The Morgan fingerprint density at radius 2 is 1.55 bits per heavy atom. The van der Waals surface area contributed by atoms with Crippen LogP contribution in [0.5, 0.6) is 23.1 Å². The minimum Gasteiger partial charge on any atom is -0.493 e. The number of hydrogen-bond acceptors (Lipinski definition) is 9. The molecule has 6 rings (SSSR count). The van der Waals surface area contributed by atoms with Crippen molar-refractivity contribution in [3.63, 3.8) is 0 Å². The topological polar surface area (TPSA) is 118 Å². The molecule has 2 fully saturated rings. The smallest absolute Gasteiger partial charge is 0.240 e. The van der Waals surface area contributed by atoms with Gasteiger partial charge in [-0.2, -0.15) is 0 Å². The highest BCUT2D eigenvalue weighted by Gasteiger charge is 2.69. The number of amides is 2. The number of halogens is 2. The van der Waals surface area contributed by atoms with Crippen LogP contribution in [0.1, 0.15) is 20.3 Å². The summed E-state index contributed by atoms with van der Waals surface area (Å²) in [6.45, 7) is 9.29. The molecule has 2 atom stereocenters. The normalized spacial score (nSPS) is 20.9. The van der Waals surface area contributed by atoms with Gasteiger partial charge in [0.1, 0.15) is 17.6 Å². The van der Waals surface area contributed by atoms with E-state index in [9.17, 15) is 14.0 Å². The SMILES string of the molecule is COc1cc2c(Oc3ccc(NC(=O)C4(C(=O)Nc5ccc(F)cc5)C(C)C4C)cc3F)ncnc2cc1OCCCN1CCN(C)CC1. The van der Waals surface area contributed by atoms with Crippen molar-refractivity contribution in [2.75, 3.05) is 64.1 Å². The molecule has 0 radical (unpaired) electrons. The summed E-state index contributed by atoms with van der Waals surface area (Å²) < 4.78 is 46.3. The summed E-state index contributed by atoms with van der Waals surface area (Å²) in [6, 6.07) is 12.7. The van der Waals surface area contributed by atoms with Gasteiger partial charge in [0.15, 0.2) is 23.1 Å². The third-order valence-corrected chi connectivity index (χ3v) is 9.68. The fraction of sp³-hybridized carbons (Fsp3) is 0.389. The molecule has 2 aliphatic rings. The lowest BCUT2D eigenvalue weighted by Gasteiger charge is -2.32. The summed E-state index contributed by atoms with van der Waals surface area (Å²) in [6.07, 6.45) is 2.18. The predicted molar refractivity (Wildman–Crippen MR) is 181 cm³/mol. The number of piperazine rings is 1. The van der Waals surface area contributed by atoms with Gasteiger partial charge in [-0.1, -0.05) is 13.8 Å². The maximum atomic E-state index is 15.4. The Hall–Kier alpha value is -4.88. The van der Waals surface area contributed by atoms with Crippen LogP contribution in [0.3, 0.4) is 0 Å². The average Bonchev–Trinajstić information content (AvgIpc) is 3.65. The Kier molecular flexibility index (Phi) is 9.93. The fourth-order valence-corrected chi connectivity index (χ4v) is 6.41. The molecule has 2 heterocycles. The first kappa shape index (κ1) is 34.0. The summed E-state index contributed by atoms with van der Waals surface area (Å²) in [5.41, 5.74) is -0.320. The predicted octanol–water partition coefficient (Wildman–Crippen LogP) is 5.57. The number of fused-ring (bicyclic) bond motifs is 1. The maximum Gasteiger partial charge on any atom is 0.240 e. The molecule has 4 aromatic rings. The first-order valence-electron chi connectivity index (χ1n) is 16.3. The van der Waals surface area contributed by atoms with E-state index in [-0.39, 0.29) is 29.2 Å². The standard InChI is InChI=1S/C36H40F2N6O5/c1-22-23(2)36(22,34(45)41-25-8-6-24(37)7-9-25)35(46)42-26-10-11-30(28(38)18-26)49-33-27-19-31(47-4)32(20-29(27)39-21-40-33)48-17-5-12-44-15-13-43(3)14-16-44/h6-11,18-23H,5,12-17H2,1-4H3,(H,41,45)(H,42,46). The van der Waals surface area contributed by atoms with Gasteiger partial charge in [0, 0.05) is 56.2 Å². The number of ether oxygens (including phenoxy) is 3. The first-order chi connectivity index (χ1) is 23.6. The molecule has 11 nitrogen and oxygen atoms in total. The molecule has 1 aliphatic heterocycles. The minimum absolute atomic E-state index is 0.109. The second-order valence-electron chi connectivity index (χ2n) is 12.7. The van der Waals surface area contributed by atoms with Crippen molar-refractivity contribution in [3.05, 3.63) is 72.6 Å². The van der Waals surface area contributed by atoms with Crippen LogP contribution in [0.15, 0.2) is 60.9 Å². The van der Waals surface area contributed by atoms with Crippen LogP contribution < -0.4 is 24.8 Å². The van der Waals surface area contributed by atoms with E-state index in [4.69, 9.17) is 14.2 Å². The molecule has 2 N–H and O–H groups in total. The molecule has 258 valence electrons. The number of rotatable bonds is 12. The summed E-state index contributed by atoms with van der Waals surface area (Å²) in [7, 11) is 3.67. The Labute approximate surface area is 283 Å². The lowest BCUT2D eigenvalue weighted by molar-refractivity contribution is -0.132. The zero-order valence-electron chi connectivity index (χ0n) is 28.0. The van der Waals surface area contributed by atoms with Crippen LogP contribution >= 0.6 is 0 Å². The van der Waals surface area contributed by atoms with Gasteiger partial charge in [-0.05, 0) is 67.8 Å². The van der Waals surface area contributed by atoms with Crippen molar-refractivity contribution < 1.29 is 32.6 Å². The lowest BCUT2D eigenvalue weighted by atomic mass is 9.99. The number of likely N-dealkylation sites (N-methyl/N-ethyl adjacent to an activating group) is 1. The van der Waals surface area contributed by atoms with E-state index < -0.39 is 28.9 Å². The summed E-state index contributed by atoms with van der Waals surface area (Å²) >= 11 is 0. The number of carbonyl (C=O) groups excluding carboxylic acids is 2. The van der Waals surface area contributed by atoms with Gasteiger partial charge < -0.3 is 34.6 Å². The molecule has 13 heteroatoms. The molecular formula is C36H40F2N6O5. The number of hydrogen-bond donors (Lipinski definition) is 2. The van der Waals surface area contributed by atoms with Crippen LogP contribution in [0.2, 0.25) is 0 Å². The first-order valence-corrected chi connectivity index (χ1v) is 16.3. The molecule has 1 saturated carbocycles. The zero-order chi connectivity index (χ0) is 34.7. The summed E-state index contributed by atoms with van der Waals surface area (Å²) in [5, 5.41) is 5.89. The fourth-order valence-electron chi connectivity index (χ4n) is 6.41. The molecule has 0 spiro atoms. The third kappa shape index (κ3) is 7.13. The lowest BCUT2D eigenvalue weighted by Crippen LogP contribution is -2.44. The highest BCUT2D eigenvalue weighted by Crippen LogP contribution is 2.59. The van der Waals surface area contributed by atoms with Gasteiger partial charge in [-0.25, -0.2) is 18.7 Å². The van der Waals surface area contributed by atoms with Gasteiger partial charge in [0.05, 0.1) is 24.6 Å². The van der Waals surface area contributed by atoms with Gasteiger partial charge in [-0.15, -0.1) is 0 Å². The van der Waals surface area contributed by atoms with E-state index in [1.165, 1.54) is 49.8 Å². The van der Waals surface area contributed by atoms with Crippen molar-refractivity contribution >= 4 is 34.1 Å². The number of nitrogens with one attached hydrogen (secondary N) is 2. The van der Waals surface area contributed by atoms with Gasteiger partial charge in [-0.3, -0.25) is 9.59 Å². The van der Waals surface area contributed by atoms with E-state index in [0.29, 0.717) is 34.7 Å². The quantitative estimate of drug-likeness (QED) is 0.147. The maximum absolute atomic E-state index is 15.4. The molecule has 1 aromatic heterocycles. The Bertz CT molecular complexity index is 1830. The Balaban J connectivity index is 1.12. The van der Waals surface area contributed by atoms with E-state index in [2.05, 4.69) is 37.4 Å². The van der Waals surface area contributed by atoms with Gasteiger partial charge in [0.25, 0.3) is 0 Å². The van der Waals surface area contributed by atoms with Crippen LogP contribution in [-0.4, -0.2) is 85.1 Å². The number of benzene rings is 3. The number of carbonyl (C=O) groups is 2. The molecular weight excluding hydrogens is 634 g/mol. The molecule has 2 unspecified atom stereocenters. The third-order valence-electron chi connectivity index (χ3n) is 9.68. The second-order valence-corrected chi connectivity index (χ2v) is 12.7. The molecule has 0 bridgehead atoms. The van der Waals surface area contributed by atoms with E-state index in [1.54, 1.807) is 26.0 Å². The molecule has 1 saturated heterocycles. The Morgan fingerprint density at radius 3 is 2.20 bits per heavy atom. The van der Waals surface area contributed by atoms with Crippen molar-refractivity contribution in [1.82, 2.24) is 19.8 Å². The second kappa shape index (κ2) is 14.3. The highest BCUT2D eigenvalue weighted by atomic mass is 19.1. The average molecular weight is 675 g/mol. The van der Waals surface area contributed by atoms with Crippen molar-refractivity contribution in [2.45, 2.75) is 20.3 Å². The van der Waals surface area contributed by atoms with Crippen LogP contribution in [-0.2, 0) is 9.59 Å². The number of nitrogens with zero attached hydrogens (tertiary/aromatic N) is 4. The number of methoxy groups -OCH3 is 1. The number of anilines is 2. The minimum atomic E-state index is -1.37. The van der Waals surface area contributed by atoms with E-state index >= 15 is 4.39 Å². The van der Waals surface area contributed by atoms with Crippen molar-refractivity contribution in [2.24, 2.45) is 17.3 Å². The molecule has 2 amide bonds. The van der Waals surface area contributed by atoms with Gasteiger partial charge >= 0.3 is 0 Å². The Morgan fingerprint density at radius 1 is 0.878 bits per heavy atom. The number of aromatic nitrogens is 2. The van der Waals surface area contributed by atoms with Crippen molar-refractivity contribution in [3.8, 4) is 23.1 Å². The highest BCUT2D eigenvalue weighted by molar-refractivity contribution is 6.17. The van der Waals surface area contributed by atoms with E-state index in [1.807, 2.05) is 0 Å². The van der Waals surface area contributed by atoms with E-state index in [0.717, 1.165) is 45.2 Å². The monoisotopic (exact) mass is 674 g/mol. The van der Waals surface area contributed by atoms with Gasteiger partial charge in [0.2, 0.25) is 17.7 Å². The molecule has 3 aromatic carbocycles. The van der Waals surface area contributed by atoms with Crippen LogP contribution in [0.25, 0.3) is 10.9 Å². The zero-order valence-corrected chi connectivity index (χ0v) is 28.0. The largest absolute Gasteiger partial charge is 0.493 e. The van der Waals surface area contributed by atoms with Crippen LogP contribution in [0, 0.1) is 28.9 Å². The summed E-state index contributed by atoms with van der Waals surface area (Å²) in [5.74, 6) is -1.82. The molecule has 49 heavy (non-hydrogen) atoms. The summed E-state index contributed by atoms with van der Waals surface area (Å²) in [4.78, 5) is 40.1. The van der Waals surface area contributed by atoms with Crippen molar-refractivity contribution in [1.29, 1.82) is 0 Å². The van der Waals surface area contributed by atoms with Crippen LogP contribution in [0.4, 0.5) is 20.2 Å². The molecule has 1 aliphatic carbocycles.